The summed E-state index contributed by atoms with van der Waals surface area (Å²) in [5, 5.41) is 1.91. The monoisotopic (exact) mass is 301 g/mol. The van der Waals surface area contributed by atoms with E-state index in [9.17, 15) is 0 Å². The number of rotatable bonds is 3. The van der Waals surface area contributed by atoms with Crippen LogP contribution < -0.4 is 16.1 Å². The van der Waals surface area contributed by atoms with E-state index in [1.807, 2.05) is 64.4 Å². The minimum atomic E-state index is 0.987. The Morgan fingerprint density at radius 1 is 0.652 bits per heavy atom. The molecule has 3 aromatic carbocycles. The highest BCUT2D eigenvalue weighted by Gasteiger charge is 2.31. The molecule has 0 amide bonds. The molecule has 112 valence electrons. The van der Waals surface area contributed by atoms with Gasteiger partial charge in [-0.05, 0) is 36.4 Å². The van der Waals surface area contributed by atoms with Crippen LogP contribution in [0.2, 0.25) is 0 Å². The highest BCUT2D eigenvalue weighted by Crippen LogP contribution is 2.18. The first-order valence-electron chi connectivity index (χ1n) is 7.57. The second kappa shape index (κ2) is 5.85. The molecule has 4 rings (SSSR count). The maximum atomic E-state index is 3.44. The summed E-state index contributed by atoms with van der Waals surface area (Å²) >= 11 is 0. The van der Waals surface area contributed by atoms with Crippen molar-refractivity contribution >= 4 is 17.2 Å². The summed E-state index contributed by atoms with van der Waals surface area (Å²) in [5.41, 5.74) is 10.0. The number of para-hydroxylation sites is 2. The van der Waals surface area contributed by atoms with Crippen molar-refractivity contribution in [1.82, 2.24) is 11.0 Å². The predicted octanol–water partition coefficient (Wildman–Crippen LogP) is 3.22. The van der Waals surface area contributed by atoms with E-state index in [-0.39, 0.29) is 0 Å². The zero-order valence-corrected chi connectivity index (χ0v) is 12.6. The topological polar surface area (TPSA) is 30.3 Å². The summed E-state index contributed by atoms with van der Waals surface area (Å²) in [5.74, 6) is 0.987. The Morgan fingerprint density at radius 3 is 1.87 bits per heavy atom. The van der Waals surface area contributed by atoms with Crippen molar-refractivity contribution in [2.45, 2.75) is 0 Å². The number of amidine groups is 1. The van der Waals surface area contributed by atoms with Crippen LogP contribution in [0.15, 0.2) is 91.0 Å². The van der Waals surface area contributed by atoms with Crippen molar-refractivity contribution in [3.8, 4) is 0 Å². The third-order valence-corrected chi connectivity index (χ3v) is 3.72. The molecule has 1 aliphatic rings. The highest BCUT2D eigenvalue weighted by molar-refractivity contribution is 5.97. The lowest BCUT2D eigenvalue weighted by molar-refractivity contribution is -0.499. The number of hydrogen-bond donors (Lipinski definition) is 2. The van der Waals surface area contributed by atoms with Gasteiger partial charge in [0.1, 0.15) is 5.69 Å². The molecule has 0 saturated carbocycles. The second-order valence-corrected chi connectivity index (χ2v) is 5.27. The Labute approximate surface area is 135 Å². The van der Waals surface area contributed by atoms with Crippen LogP contribution in [0.1, 0.15) is 5.56 Å². The molecule has 23 heavy (non-hydrogen) atoms. The number of hydrogen-bond acceptors (Lipinski definition) is 3. The Balaban J connectivity index is 1.76. The van der Waals surface area contributed by atoms with E-state index in [1.165, 1.54) is 0 Å². The van der Waals surface area contributed by atoms with Gasteiger partial charge in [-0.1, -0.05) is 59.7 Å². The van der Waals surface area contributed by atoms with Crippen LogP contribution in [0.4, 0.5) is 11.4 Å². The molecule has 0 spiro atoms. The van der Waals surface area contributed by atoms with Crippen LogP contribution in [-0.4, -0.2) is 10.5 Å². The summed E-state index contributed by atoms with van der Waals surface area (Å²) in [7, 11) is 0. The molecular formula is C19H17N4+. The largest absolute Gasteiger partial charge is 0.332 e. The molecule has 0 atom stereocenters. The summed E-state index contributed by atoms with van der Waals surface area (Å²) in [6.45, 7) is 0. The molecule has 0 aliphatic carbocycles. The van der Waals surface area contributed by atoms with Gasteiger partial charge in [0, 0.05) is 0 Å². The highest BCUT2D eigenvalue weighted by atomic mass is 15.9. The molecule has 4 nitrogen and oxygen atoms in total. The number of anilines is 1. The van der Waals surface area contributed by atoms with Gasteiger partial charge in [0.25, 0.3) is 0 Å². The quantitative estimate of drug-likeness (QED) is 0.728. The average molecular weight is 301 g/mol. The lowest BCUT2D eigenvalue weighted by atomic mass is 10.2. The maximum Gasteiger partial charge on any atom is 0.332 e. The van der Waals surface area contributed by atoms with Crippen molar-refractivity contribution in [3.63, 3.8) is 0 Å². The Hall–Kier alpha value is -3.27. The maximum absolute atomic E-state index is 3.44. The van der Waals surface area contributed by atoms with Gasteiger partial charge in [0.2, 0.25) is 0 Å². The number of hydrazone groups is 1. The summed E-state index contributed by atoms with van der Waals surface area (Å²) in [6.07, 6.45) is 0. The van der Waals surface area contributed by atoms with Crippen molar-refractivity contribution < 1.29 is 4.68 Å². The number of nitrogens with zero attached hydrogens (tertiary/aromatic N) is 2. The Kier molecular flexibility index (Phi) is 3.41. The summed E-state index contributed by atoms with van der Waals surface area (Å²) in [4.78, 5) is 0. The van der Waals surface area contributed by atoms with Crippen LogP contribution in [-0.2, 0) is 0 Å². The van der Waals surface area contributed by atoms with E-state index in [2.05, 4.69) is 47.4 Å². The van der Waals surface area contributed by atoms with Gasteiger partial charge in [0.15, 0.2) is 5.69 Å². The van der Waals surface area contributed by atoms with Crippen molar-refractivity contribution in [2.24, 2.45) is 0 Å². The molecule has 1 heterocycles. The number of nitrogens with one attached hydrogen (secondary N) is 2. The van der Waals surface area contributed by atoms with Crippen LogP contribution in [0, 0.1) is 0 Å². The molecule has 4 heteroatoms. The Morgan fingerprint density at radius 2 is 1.22 bits per heavy atom. The summed E-state index contributed by atoms with van der Waals surface area (Å²) < 4.78 is 2.04. The molecule has 1 aliphatic heterocycles. The zero-order chi connectivity index (χ0) is 15.5. The molecule has 3 aromatic rings. The smallest absolute Gasteiger partial charge is 0.145 e. The minimum absolute atomic E-state index is 0.987. The fourth-order valence-corrected chi connectivity index (χ4v) is 2.58. The molecule has 0 saturated heterocycles. The van der Waals surface area contributed by atoms with E-state index in [0.717, 1.165) is 22.8 Å². The van der Waals surface area contributed by atoms with Gasteiger partial charge >= 0.3 is 5.84 Å². The van der Waals surface area contributed by atoms with E-state index in [1.54, 1.807) is 0 Å². The van der Waals surface area contributed by atoms with Gasteiger partial charge in [-0.3, -0.25) is 0 Å². The van der Waals surface area contributed by atoms with Crippen LogP contribution in [0.5, 0.6) is 0 Å². The van der Waals surface area contributed by atoms with E-state index >= 15 is 0 Å². The van der Waals surface area contributed by atoms with Crippen LogP contribution in [0.3, 0.4) is 0 Å². The molecule has 0 fully saturated rings. The molecule has 0 unspecified atom stereocenters. The minimum Gasteiger partial charge on any atom is -0.145 e. The predicted molar refractivity (Wildman–Crippen MR) is 92.1 cm³/mol. The first-order valence-corrected chi connectivity index (χ1v) is 7.57. The number of benzene rings is 3. The van der Waals surface area contributed by atoms with Gasteiger partial charge in [0.05, 0.1) is 5.56 Å². The zero-order valence-electron chi connectivity index (χ0n) is 12.6. The Bertz CT molecular complexity index is 762. The summed E-state index contributed by atoms with van der Waals surface area (Å²) in [6, 6.07) is 30.7. The second-order valence-electron chi connectivity index (χ2n) is 5.27. The third-order valence-electron chi connectivity index (χ3n) is 3.72. The molecule has 0 bridgehead atoms. The van der Waals surface area contributed by atoms with Gasteiger partial charge < -0.3 is 0 Å². The van der Waals surface area contributed by atoms with Gasteiger partial charge in [-0.15, -0.1) is 15.6 Å². The molecule has 0 radical (unpaired) electrons. The van der Waals surface area contributed by atoms with Crippen molar-refractivity contribution in [2.75, 3.05) is 5.12 Å². The van der Waals surface area contributed by atoms with E-state index < -0.39 is 0 Å². The molecular weight excluding hydrogens is 284 g/mol. The fourth-order valence-electron chi connectivity index (χ4n) is 2.58. The SMILES string of the molecule is c1ccc(C2=[N+](c3ccccc3)NN(c3ccccc3)N2)cc1. The molecule has 2 N–H and O–H groups in total. The lowest BCUT2D eigenvalue weighted by Gasteiger charge is -2.12. The van der Waals surface area contributed by atoms with Crippen molar-refractivity contribution in [1.29, 1.82) is 0 Å². The van der Waals surface area contributed by atoms with Crippen molar-refractivity contribution in [3.05, 3.63) is 96.6 Å². The first-order chi connectivity index (χ1) is 11.4. The van der Waals surface area contributed by atoms with E-state index in [4.69, 9.17) is 0 Å². The number of hydrazine groups is 3. The first kappa shape index (κ1) is 13.4. The fraction of sp³-hybridized carbons (Fsp3) is 0. The van der Waals surface area contributed by atoms with Crippen LogP contribution >= 0.6 is 0 Å². The lowest BCUT2D eigenvalue weighted by Crippen LogP contribution is -2.43. The molecule has 0 aromatic heterocycles. The van der Waals surface area contributed by atoms with E-state index in [0.29, 0.717) is 0 Å². The average Bonchev–Trinajstić information content (AvgIpc) is 3.09. The van der Waals surface area contributed by atoms with Gasteiger partial charge in [-0.25, -0.2) is 0 Å². The third kappa shape index (κ3) is 2.62. The standard InChI is InChI=1S/C19H16N4/c1-4-10-16(11-5-1)19-20-23(18-14-8-3-9-15-18)21-22(19)17-12-6-2-7-13-17/h1-15,21H/p+1. The van der Waals surface area contributed by atoms with Gasteiger partial charge in [-0.2, -0.15) is 0 Å². The van der Waals surface area contributed by atoms with Crippen LogP contribution in [0.25, 0.3) is 0 Å². The normalized spacial score (nSPS) is 13.7.